The van der Waals surface area contributed by atoms with E-state index in [1.54, 1.807) is 6.92 Å². The third-order valence-electron chi connectivity index (χ3n) is 1.69. The molecule has 14 heavy (non-hydrogen) atoms. The standard InChI is InChI=1S/C10H20O4/c1-4-9(13-5-2)7-12-8-10(11)14-6-3/h9H,4-8H2,1-3H3. The topological polar surface area (TPSA) is 44.8 Å². The average Bonchev–Trinajstić information content (AvgIpc) is 2.17. The lowest BCUT2D eigenvalue weighted by Gasteiger charge is -2.14. The number of hydrogen-bond acceptors (Lipinski definition) is 4. The number of carbonyl (C=O) groups excluding carboxylic acids is 1. The fourth-order valence-corrected chi connectivity index (χ4v) is 0.996. The molecule has 4 nitrogen and oxygen atoms in total. The zero-order valence-electron chi connectivity index (χ0n) is 9.25. The van der Waals surface area contributed by atoms with Crippen LogP contribution in [0, 0.1) is 0 Å². The maximum absolute atomic E-state index is 10.9. The molecule has 4 heteroatoms. The van der Waals surface area contributed by atoms with Gasteiger partial charge in [0.25, 0.3) is 0 Å². The third kappa shape index (κ3) is 6.86. The molecule has 0 amide bonds. The Morgan fingerprint density at radius 2 is 1.93 bits per heavy atom. The van der Waals surface area contributed by atoms with Crippen molar-refractivity contribution in [1.82, 2.24) is 0 Å². The van der Waals surface area contributed by atoms with Crippen molar-refractivity contribution in [2.75, 3.05) is 26.4 Å². The van der Waals surface area contributed by atoms with Gasteiger partial charge in [0, 0.05) is 6.61 Å². The second kappa shape index (κ2) is 8.97. The molecule has 0 rings (SSSR count). The molecule has 0 fully saturated rings. The Labute approximate surface area is 85.5 Å². The number of rotatable bonds is 8. The molecule has 0 N–H and O–H groups in total. The van der Waals surface area contributed by atoms with Crippen LogP contribution in [-0.2, 0) is 19.0 Å². The molecule has 0 aromatic carbocycles. The first-order valence-corrected chi connectivity index (χ1v) is 5.09. The van der Waals surface area contributed by atoms with E-state index >= 15 is 0 Å². The molecule has 0 aromatic rings. The van der Waals surface area contributed by atoms with E-state index in [0.717, 1.165) is 6.42 Å². The number of carbonyl (C=O) groups is 1. The fourth-order valence-electron chi connectivity index (χ4n) is 0.996. The van der Waals surface area contributed by atoms with Crippen LogP contribution in [0.15, 0.2) is 0 Å². The average molecular weight is 204 g/mol. The van der Waals surface area contributed by atoms with Crippen LogP contribution < -0.4 is 0 Å². The van der Waals surface area contributed by atoms with Gasteiger partial charge in [0.05, 0.1) is 19.3 Å². The van der Waals surface area contributed by atoms with Gasteiger partial charge in [-0.05, 0) is 20.3 Å². The molecule has 0 bridgehead atoms. The van der Waals surface area contributed by atoms with E-state index in [1.807, 2.05) is 13.8 Å². The molecule has 0 aliphatic heterocycles. The van der Waals surface area contributed by atoms with E-state index in [1.165, 1.54) is 0 Å². The fraction of sp³-hybridized carbons (Fsp3) is 0.900. The first-order chi connectivity index (χ1) is 6.74. The predicted octanol–water partition coefficient (Wildman–Crippen LogP) is 1.38. The van der Waals surface area contributed by atoms with Crippen LogP contribution in [0.2, 0.25) is 0 Å². The van der Waals surface area contributed by atoms with Crippen LogP contribution in [0.3, 0.4) is 0 Å². The lowest BCUT2D eigenvalue weighted by Crippen LogP contribution is -2.22. The molecule has 1 unspecified atom stereocenters. The molecule has 0 saturated carbocycles. The minimum absolute atomic E-state index is 0.0113. The monoisotopic (exact) mass is 204 g/mol. The first kappa shape index (κ1) is 13.4. The molecule has 1 atom stereocenters. The Kier molecular flexibility index (Phi) is 8.57. The highest BCUT2D eigenvalue weighted by atomic mass is 16.6. The molecule has 84 valence electrons. The Morgan fingerprint density at radius 1 is 1.21 bits per heavy atom. The molecule has 0 spiro atoms. The summed E-state index contributed by atoms with van der Waals surface area (Å²) in [6, 6.07) is 0. The van der Waals surface area contributed by atoms with Gasteiger partial charge in [0.2, 0.25) is 0 Å². The van der Waals surface area contributed by atoms with Crippen molar-refractivity contribution in [3.8, 4) is 0 Å². The van der Waals surface area contributed by atoms with Crippen molar-refractivity contribution in [2.45, 2.75) is 33.3 Å². The van der Waals surface area contributed by atoms with E-state index in [9.17, 15) is 4.79 Å². The molecule has 0 radical (unpaired) electrons. The van der Waals surface area contributed by atoms with Gasteiger partial charge in [0.15, 0.2) is 0 Å². The molecule has 0 aliphatic rings. The lowest BCUT2D eigenvalue weighted by molar-refractivity contribution is -0.149. The summed E-state index contributed by atoms with van der Waals surface area (Å²) in [5.41, 5.74) is 0. The molecule has 0 heterocycles. The van der Waals surface area contributed by atoms with Crippen molar-refractivity contribution in [1.29, 1.82) is 0 Å². The number of ether oxygens (including phenoxy) is 3. The maximum atomic E-state index is 10.9. The third-order valence-corrected chi connectivity index (χ3v) is 1.69. The zero-order chi connectivity index (χ0) is 10.8. The molecule has 0 aliphatic carbocycles. The highest BCUT2D eigenvalue weighted by molar-refractivity contribution is 5.70. The van der Waals surface area contributed by atoms with Crippen molar-refractivity contribution in [3.63, 3.8) is 0 Å². The van der Waals surface area contributed by atoms with Crippen molar-refractivity contribution in [3.05, 3.63) is 0 Å². The van der Waals surface area contributed by atoms with Gasteiger partial charge in [-0.15, -0.1) is 0 Å². The number of esters is 1. The Hall–Kier alpha value is -0.610. The SMILES string of the molecule is CCOC(=O)COCC(CC)OCC. The minimum atomic E-state index is -0.321. The summed E-state index contributed by atoms with van der Waals surface area (Å²) in [6.07, 6.45) is 0.964. The Morgan fingerprint density at radius 3 is 2.43 bits per heavy atom. The van der Waals surface area contributed by atoms with Crippen molar-refractivity contribution >= 4 is 5.97 Å². The van der Waals surface area contributed by atoms with Crippen LogP contribution in [0.4, 0.5) is 0 Å². The smallest absolute Gasteiger partial charge is 0.332 e. The summed E-state index contributed by atoms with van der Waals surface area (Å²) < 4.78 is 15.2. The van der Waals surface area contributed by atoms with E-state index in [0.29, 0.717) is 19.8 Å². The largest absolute Gasteiger partial charge is 0.464 e. The van der Waals surface area contributed by atoms with Crippen molar-refractivity contribution < 1.29 is 19.0 Å². The highest BCUT2D eigenvalue weighted by Crippen LogP contribution is 1.98. The zero-order valence-corrected chi connectivity index (χ0v) is 9.25. The van der Waals surface area contributed by atoms with Crippen LogP contribution in [-0.4, -0.2) is 38.5 Å². The summed E-state index contributed by atoms with van der Waals surface area (Å²) in [6.45, 7) is 7.25. The van der Waals surface area contributed by atoms with Crippen LogP contribution in [0.5, 0.6) is 0 Å². The Balaban J connectivity index is 3.45. The van der Waals surface area contributed by atoms with Crippen LogP contribution in [0.1, 0.15) is 27.2 Å². The van der Waals surface area contributed by atoms with Gasteiger partial charge in [-0.25, -0.2) is 4.79 Å². The normalized spacial score (nSPS) is 12.5. The van der Waals surface area contributed by atoms with Gasteiger partial charge >= 0.3 is 5.97 Å². The molecular weight excluding hydrogens is 184 g/mol. The second-order valence-corrected chi connectivity index (χ2v) is 2.81. The van der Waals surface area contributed by atoms with E-state index < -0.39 is 0 Å². The summed E-state index contributed by atoms with van der Waals surface area (Å²) in [5.74, 6) is -0.321. The number of hydrogen-bond donors (Lipinski definition) is 0. The lowest BCUT2D eigenvalue weighted by atomic mass is 10.3. The molecule has 0 saturated heterocycles. The van der Waals surface area contributed by atoms with Gasteiger partial charge < -0.3 is 14.2 Å². The quantitative estimate of drug-likeness (QED) is 0.560. The van der Waals surface area contributed by atoms with Crippen LogP contribution >= 0.6 is 0 Å². The summed E-state index contributed by atoms with van der Waals surface area (Å²) >= 11 is 0. The maximum Gasteiger partial charge on any atom is 0.332 e. The van der Waals surface area contributed by atoms with E-state index in [2.05, 4.69) is 0 Å². The minimum Gasteiger partial charge on any atom is -0.464 e. The predicted molar refractivity (Wildman–Crippen MR) is 53.2 cm³/mol. The van der Waals surface area contributed by atoms with Gasteiger partial charge in [0.1, 0.15) is 6.61 Å². The first-order valence-electron chi connectivity index (χ1n) is 5.09. The van der Waals surface area contributed by atoms with Gasteiger partial charge in [-0.2, -0.15) is 0 Å². The van der Waals surface area contributed by atoms with Crippen LogP contribution in [0.25, 0.3) is 0 Å². The highest BCUT2D eigenvalue weighted by Gasteiger charge is 2.07. The summed E-state index contributed by atoms with van der Waals surface area (Å²) in [4.78, 5) is 10.9. The van der Waals surface area contributed by atoms with Crippen molar-refractivity contribution in [2.24, 2.45) is 0 Å². The Bertz CT molecular complexity index is 147. The molecular formula is C10H20O4. The second-order valence-electron chi connectivity index (χ2n) is 2.81. The molecule has 0 aromatic heterocycles. The summed E-state index contributed by atoms with van der Waals surface area (Å²) in [7, 11) is 0. The van der Waals surface area contributed by atoms with E-state index in [4.69, 9.17) is 14.2 Å². The van der Waals surface area contributed by atoms with Gasteiger partial charge in [-0.3, -0.25) is 0 Å². The van der Waals surface area contributed by atoms with E-state index in [-0.39, 0.29) is 18.7 Å². The summed E-state index contributed by atoms with van der Waals surface area (Å²) in [5, 5.41) is 0. The van der Waals surface area contributed by atoms with Gasteiger partial charge in [-0.1, -0.05) is 6.92 Å².